The van der Waals surface area contributed by atoms with Crippen molar-refractivity contribution in [2.24, 2.45) is 11.1 Å². The lowest BCUT2D eigenvalue weighted by molar-refractivity contribution is -0.137. The van der Waals surface area contributed by atoms with Crippen LogP contribution in [0.1, 0.15) is 40.5 Å². The van der Waals surface area contributed by atoms with Gasteiger partial charge in [0.15, 0.2) is 0 Å². The number of carbonyl (C=O) groups is 3. The third-order valence-corrected chi connectivity index (χ3v) is 3.58. The number of halogens is 1. The predicted molar refractivity (Wildman–Crippen MR) is 99.2 cm³/mol. The molecule has 0 spiro atoms. The van der Waals surface area contributed by atoms with E-state index >= 15 is 0 Å². The van der Waals surface area contributed by atoms with Gasteiger partial charge in [-0.2, -0.15) is 0 Å². The van der Waals surface area contributed by atoms with E-state index in [-0.39, 0.29) is 24.9 Å². The lowest BCUT2D eigenvalue weighted by Crippen LogP contribution is -2.55. The lowest BCUT2D eigenvalue weighted by atomic mass is 9.86. The average molecular weight is 381 g/mol. The Balaban J connectivity index is 0. The van der Waals surface area contributed by atoms with Crippen LogP contribution < -0.4 is 16.4 Å². The maximum atomic E-state index is 12.2. The summed E-state index contributed by atoms with van der Waals surface area (Å²) in [5.74, 6) is -1.43. The summed E-state index contributed by atoms with van der Waals surface area (Å²) in [4.78, 5) is 37.4. The highest BCUT2D eigenvalue weighted by Crippen LogP contribution is 2.20. The van der Waals surface area contributed by atoms with Crippen LogP contribution in [0.2, 0.25) is 0 Å². The minimum Gasteiger partial charge on any atom is -0.382 e. The Bertz CT molecular complexity index is 452. The van der Waals surface area contributed by atoms with E-state index in [2.05, 4.69) is 10.6 Å². The fraction of sp³-hybridized carbons (Fsp3) is 0.812. The van der Waals surface area contributed by atoms with Gasteiger partial charge in [-0.15, -0.1) is 12.4 Å². The second kappa shape index (κ2) is 11.3. The highest BCUT2D eigenvalue weighted by Gasteiger charge is 2.33. The van der Waals surface area contributed by atoms with E-state index in [9.17, 15) is 19.5 Å². The molecule has 0 aliphatic heterocycles. The molecule has 0 aliphatic carbocycles. The smallest absolute Gasteiger partial charge is 0.250 e. The van der Waals surface area contributed by atoms with Gasteiger partial charge in [-0.25, -0.2) is 0 Å². The van der Waals surface area contributed by atoms with Crippen LogP contribution in [0.25, 0.3) is 0 Å². The molecular weight excluding hydrogens is 348 g/mol. The number of hydrogen-bond acceptors (Lipinski definition) is 5. The van der Waals surface area contributed by atoms with E-state index in [1.165, 1.54) is 4.90 Å². The predicted octanol–water partition coefficient (Wildman–Crippen LogP) is -0.368. The number of likely N-dealkylation sites (N-methyl/N-ethyl adjacent to an activating group) is 1. The zero-order valence-electron chi connectivity index (χ0n) is 16.0. The SMILES string of the molecule is CCC[C@H](N)C(O)C(=O)NCC(=O)NC(C(=O)N(C)C)C(C)(C)C.Cl. The van der Waals surface area contributed by atoms with Gasteiger partial charge in [0.2, 0.25) is 11.8 Å². The van der Waals surface area contributed by atoms with E-state index < -0.39 is 35.4 Å². The van der Waals surface area contributed by atoms with Crippen molar-refractivity contribution in [3.63, 3.8) is 0 Å². The van der Waals surface area contributed by atoms with Gasteiger partial charge in [0.1, 0.15) is 12.1 Å². The molecule has 0 bridgehead atoms. The third-order valence-electron chi connectivity index (χ3n) is 3.58. The van der Waals surface area contributed by atoms with E-state index in [0.717, 1.165) is 6.42 Å². The highest BCUT2D eigenvalue weighted by molar-refractivity contribution is 5.91. The summed E-state index contributed by atoms with van der Waals surface area (Å²) >= 11 is 0. The molecule has 9 heteroatoms. The van der Waals surface area contributed by atoms with E-state index in [4.69, 9.17) is 5.73 Å². The van der Waals surface area contributed by atoms with Crippen LogP contribution in [0.5, 0.6) is 0 Å². The van der Waals surface area contributed by atoms with Crippen LogP contribution >= 0.6 is 12.4 Å². The van der Waals surface area contributed by atoms with E-state index in [0.29, 0.717) is 6.42 Å². The van der Waals surface area contributed by atoms with Gasteiger partial charge in [-0.1, -0.05) is 34.1 Å². The van der Waals surface area contributed by atoms with Crippen LogP contribution in [0, 0.1) is 5.41 Å². The van der Waals surface area contributed by atoms with Crippen LogP contribution in [0.15, 0.2) is 0 Å². The van der Waals surface area contributed by atoms with Gasteiger partial charge in [0, 0.05) is 20.1 Å². The van der Waals surface area contributed by atoms with Crippen molar-refractivity contribution in [2.75, 3.05) is 20.6 Å². The summed E-state index contributed by atoms with van der Waals surface area (Å²) in [5.41, 5.74) is 5.20. The molecule has 0 heterocycles. The van der Waals surface area contributed by atoms with E-state index in [1.807, 2.05) is 27.7 Å². The van der Waals surface area contributed by atoms with Crippen LogP contribution in [-0.2, 0) is 14.4 Å². The molecule has 3 atom stereocenters. The normalized spacial score (nSPS) is 14.6. The monoisotopic (exact) mass is 380 g/mol. The fourth-order valence-electron chi connectivity index (χ4n) is 2.08. The number of rotatable bonds is 8. The third kappa shape index (κ3) is 9.04. The van der Waals surface area contributed by atoms with Gasteiger partial charge < -0.3 is 26.4 Å². The van der Waals surface area contributed by atoms with Crippen molar-refractivity contribution in [1.82, 2.24) is 15.5 Å². The maximum Gasteiger partial charge on any atom is 0.250 e. The summed E-state index contributed by atoms with van der Waals surface area (Å²) in [7, 11) is 3.22. The molecule has 0 saturated carbocycles. The molecule has 5 N–H and O–H groups in total. The van der Waals surface area contributed by atoms with E-state index in [1.54, 1.807) is 14.1 Å². The van der Waals surface area contributed by atoms with Crippen LogP contribution in [0.4, 0.5) is 0 Å². The number of hydrogen-bond donors (Lipinski definition) is 4. The van der Waals surface area contributed by atoms with Gasteiger partial charge in [0.05, 0.1) is 6.54 Å². The molecular formula is C16H33ClN4O4. The topological polar surface area (TPSA) is 125 Å². The molecule has 0 aromatic rings. The van der Waals surface area contributed by atoms with Gasteiger partial charge in [0.25, 0.3) is 5.91 Å². The van der Waals surface area contributed by atoms with Crippen LogP contribution in [-0.4, -0.2) is 66.6 Å². The van der Waals surface area contributed by atoms with Crippen molar-refractivity contribution in [3.05, 3.63) is 0 Å². The first kappa shape index (κ1) is 25.9. The second-order valence-corrected chi connectivity index (χ2v) is 7.21. The minimum absolute atomic E-state index is 0. The van der Waals surface area contributed by atoms with Crippen molar-refractivity contribution in [3.8, 4) is 0 Å². The molecule has 25 heavy (non-hydrogen) atoms. The number of nitrogens with zero attached hydrogens (tertiary/aromatic N) is 1. The van der Waals surface area contributed by atoms with Crippen molar-refractivity contribution < 1.29 is 19.5 Å². The van der Waals surface area contributed by atoms with Gasteiger partial charge in [-0.05, 0) is 11.8 Å². The number of nitrogens with one attached hydrogen (secondary N) is 2. The summed E-state index contributed by atoms with van der Waals surface area (Å²) in [6, 6.07) is -1.39. The zero-order chi connectivity index (χ0) is 19.1. The molecule has 2 unspecified atom stereocenters. The Morgan fingerprint density at radius 3 is 2.12 bits per heavy atom. The quantitative estimate of drug-likeness (QED) is 0.457. The van der Waals surface area contributed by atoms with Crippen molar-refractivity contribution >= 4 is 30.1 Å². The molecule has 0 aliphatic rings. The van der Waals surface area contributed by atoms with Gasteiger partial charge in [-0.3, -0.25) is 14.4 Å². The Morgan fingerprint density at radius 1 is 1.20 bits per heavy atom. The molecule has 3 amide bonds. The average Bonchev–Trinajstić information content (AvgIpc) is 2.47. The second-order valence-electron chi connectivity index (χ2n) is 7.21. The molecule has 0 saturated heterocycles. The standard InChI is InChI=1S/C16H32N4O4.ClH/c1-7-8-10(17)12(22)14(23)18-9-11(21)19-13(16(2,3)4)15(24)20(5)6;/h10,12-13,22H,7-9,17H2,1-6H3,(H,18,23)(H,19,21);1H/t10-,12?,13?;/m0./s1. The molecule has 0 radical (unpaired) electrons. The molecule has 148 valence electrons. The fourth-order valence-corrected chi connectivity index (χ4v) is 2.08. The number of amides is 3. The molecule has 0 fully saturated rings. The Labute approximate surface area is 156 Å². The molecule has 0 aromatic carbocycles. The summed E-state index contributed by atoms with van der Waals surface area (Å²) in [5, 5.41) is 14.7. The zero-order valence-corrected chi connectivity index (χ0v) is 16.8. The first-order valence-electron chi connectivity index (χ1n) is 8.13. The molecule has 0 rings (SSSR count). The first-order chi connectivity index (χ1) is 10.9. The maximum absolute atomic E-state index is 12.2. The number of nitrogens with two attached hydrogens (primary N) is 1. The van der Waals surface area contributed by atoms with Crippen LogP contribution in [0.3, 0.4) is 0 Å². The number of aliphatic hydroxyl groups excluding tert-OH is 1. The number of carbonyl (C=O) groups excluding carboxylic acids is 3. The lowest BCUT2D eigenvalue weighted by Gasteiger charge is -2.32. The molecule has 0 aromatic heterocycles. The Hall–Kier alpha value is -1.38. The highest BCUT2D eigenvalue weighted by atomic mass is 35.5. The molecule has 8 nitrogen and oxygen atoms in total. The summed E-state index contributed by atoms with van der Waals surface area (Å²) in [6.45, 7) is 7.08. The minimum atomic E-state index is -1.36. The first-order valence-corrected chi connectivity index (χ1v) is 8.13. The van der Waals surface area contributed by atoms with Gasteiger partial charge >= 0.3 is 0 Å². The Morgan fingerprint density at radius 2 is 1.72 bits per heavy atom. The summed E-state index contributed by atoms with van der Waals surface area (Å²) in [6.07, 6.45) is -0.115. The van der Waals surface area contributed by atoms with Crippen molar-refractivity contribution in [2.45, 2.75) is 58.7 Å². The van der Waals surface area contributed by atoms with Crippen molar-refractivity contribution in [1.29, 1.82) is 0 Å². The largest absolute Gasteiger partial charge is 0.382 e. The summed E-state index contributed by atoms with van der Waals surface area (Å²) < 4.78 is 0. The number of aliphatic hydroxyl groups is 1. The Kier molecular flexibility index (Phi) is 11.7.